The topological polar surface area (TPSA) is 24.9 Å². The Labute approximate surface area is 136 Å². The zero-order valence-electron chi connectivity index (χ0n) is 14.7. The monoisotopic (exact) mass is 312 g/mol. The fourth-order valence-electron chi connectivity index (χ4n) is 2.71. The average molecular weight is 313 g/mol. The molecule has 118 valence electrons. The van der Waals surface area contributed by atoms with Crippen molar-refractivity contribution in [3.63, 3.8) is 0 Å². The molecule has 2 nitrogen and oxygen atoms in total. The molecule has 1 heterocycles. The molecule has 1 aromatic heterocycles. The third kappa shape index (κ3) is 3.98. The van der Waals surface area contributed by atoms with Gasteiger partial charge in [0.15, 0.2) is 0 Å². The van der Waals surface area contributed by atoms with E-state index in [1.54, 1.807) is 0 Å². The van der Waals surface area contributed by atoms with E-state index in [4.69, 9.17) is 4.98 Å². The second-order valence-electron chi connectivity index (χ2n) is 7.05. The summed E-state index contributed by atoms with van der Waals surface area (Å²) in [4.78, 5) is 4.84. The van der Waals surface area contributed by atoms with E-state index in [0.717, 1.165) is 17.7 Å². The maximum absolute atomic E-state index is 4.84. The van der Waals surface area contributed by atoms with Gasteiger partial charge in [-0.15, -0.1) is 0 Å². The lowest BCUT2D eigenvalue weighted by Gasteiger charge is -2.21. The van der Waals surface area contributed by atoms with Gasteiger partial charge in [-0.3, -0.25) is 0 Å². The summed E-state index contributed by atoms with van der Waals surface area (Å²) in [5.74, 6) is 0.992. The first kappa shape index (κ1) is 16.8. The molecule has 0 unspecified atom stereocenters. The summed E-state index contributed by atoms with van der Waals surface area (Å²) >= 11 is 0. The highest BCUT2D eigenvalue weighted by atomic mass is 28.3. The van der Waals surface area contributed by atoms with Crippen molar-refractivity contribution in [1.29, 1.82) is 0 Å². The van der Waals surface area contributed by atoms with Gasteiger partial charge in [-0.25, -0.2) is 4.98 Å². The molecular weight excluding hydrogens is 284 g/mol. The third-order valence-electron chi connectivity index (χ3n) is 4.39. The summed E-state index contributed by atoms with van der Waals surface area (Å²) in [6, 6.07) is 12.0. The lowest BCUT2D eigenvalue weighted by atomic mass is 9.97. The molecule has 0 fully saturated rings. The largest absolute Gasteiger partial charge is 0.373 e. The van der Waals surface area contributed by atoms with Crippen LogP contribution in [0.4, 0.5) is 5.82 Å². The summed E-state index contributed by atoms with van der Waals surface area (Å²) in [6.07, 6.45) is 1.08. The molecule has 1 aromatic carbocycles. The first-order valence-corrected chi connectivity index (χ1v) is 11.5. The smallest absolute Gasteiger partial charge is 0.126 e. The van der Waals surface area contributed by atoms with Crippen molar-refractivity contribution in [2.45, 2.75) is 46.8 Å². The van der Waals surface area contributed by atoms with Crippen LogP contribution in [0.25, 0.3) is 11.3 Å². The van der Waals surface area contributed by atoms with E-state index in [1.807, 2.05) is 0 Å². The van der Waals surface area contributed by atoms with Crippen LogP contribution in [0, 0.1) is 20.8 Å². The lowest BCUT2D eigenvalue weighted by molar-refractivity contribution is 1.20. The van der Waals surface area contributed by atoms with Crippen molar-refractivity contribution in [3.8, 4) is 11.3 Å². The molecule has 2 aromatic rings. The minimum Gasteiger partial charge on any atom is -0.373 e. The molecule has 0 radical (unpaired) electrons. The Bertz CT molecular complexity index is 639. The van der Waals surface area contributed by atoms with E-state index in [0.29, 0.717) is 0 Å². The van der Waals surface area contributed by atoms with Gasteiger partial charge in [0.2, 0.25) is 0 Å². The van der Waals surface area contributed by atoms with Crippen LogP contribution in [-0.2, 0) is 0 Å². The van der Waals surface area contributed by atoms with Crippen molar-refractivity contribution >= 4 is 13.9 Å². The van der Waals surface area contributed by atoms with Crippen molar-refractivity contribution < 1.29 is 0 Å². The first-order valence-electron chi connectivity index (χ1n) is 8.11. The van der Waals surface area contributed by atoms with Gasteiger partial charge < -0.3 is 5.32 Å². The lowest BCUT2D eigenvalue weighted by Crippen LogP contribution is -2.34. The molecule has 0 bridgehead atoms. The van der Waals surface area contributed by atoms with Crippen molar-refractivity contribution in [2.24, 2.45) is 0 Å². The molecule has 0 amide bonds. The summed E-state index contributed by atoms with van der Waals surface area (Å²) in [7, 11) is -1.14. The molecule has 0 atom stereocenters. The summed E-state index contributed by atoms with van der Waals surface area (Å²) < 4.78 is 0. The maximum Gasteiger partial charge on any atom is 0.126 e. The van der Waals surface area contributed by atoms with E-state index >= 15 is 0 Å². The van der Waals surface area contributed by atoms with E-state index < -0.39 is 8.07 Å². The summed E-state index contributed by atoms with van der Waals surface area (Å²) in [6.45, 7) is 13.6. The minimum absolute atomic E-state index is 0.992. The van der Waals surface area contributed by atoms with E-state index in [1.165, 1.54) is 28.3 Å². The summed E-state index contributed by atoms with van der Waals surface area (Å²) in [5, 5.41) is 3.55. The molecule has 0 saturated carbocycles. The number of anilines is 1. The number of nitrogens with one attached hydrogen (secondary N) is 1. The van der Waals surface area contributed by atoms with Crippen LogP contribution in [0.5, 0.6) is 0 Å². The fraction of sp³-hybridized carbons (Fsp3) is 0.421. The fourth-order valence-corrected chi connectivity index (χ4v) is 3.62. The second-order valence-corrected chi connectivity index (χ2v) is 12.4. The minimum atomic E-state index is -1.14. The SMILES string of the molecule is CC[Si](C)(C)CNc1cccc(-c2c(C)cc(C)cc2C)n1. The molecule has 0 aliphatic rings. The normalized spacial score (nSPS) is 11.5. The van der Waals surface area contributed by atoms with E-state index in [2.05, 4.69) is 76.4 Å². The Hall–Kier alpha value is -1.61. The summed E-state index contributed by atoms with van der Waals surface area (Å²) in [5.41, 5.74) is 6.23. The number of benzene rings is 1. The molecule has 0 spiro atoms. The van der Waals surface area contributed by atoms with Gasteiger partial charge in [0, 0.05) is 11.7 Å². The molecule has 22 heavy (non-hydrogen) atoms. The molecule has 2 rings (SSSR count). The Morgan fingerprint density at radius 1 is 1.05 bits per heavy atom. The van der Waals surface area contributed by atoms with Gasteiger partial charge in [-0.2, -0.15) is 0 Å². The van der Waals surface area contributed by atoms with E-state index in [9.17, 15) is 0 Å². The Balaban J connectivity index is 2.29. The van der Waals surface area contributed by atoms with E-state index in [-0.39, 0.29) is 0 Å². The number of aryl methyl sites for hydroxylation is 3. The Morgan fingerprint density at radius 2 is 1.68 bits per heavy atom. The van der Waals surface area contributed by atoms with Crippen LogP contribution in [-0.4, -0.2) is 19.2 Å². The predicted molar refractivity (Wildman–Crippen MR) is 100 cm³/mol. The Morgan fingerprint density at radius 3 is 2.27 bits per heavy atom. The van der Waals surface area contributed by atoms with Crippen LogP contribution in [0.2, 0.25) is 19.1 Å². The van der Waals surface area contributed by atoms with Crippen LogP contribution < -0.4 is 5.32 Å². The van der Waals surface area contributed by atoms with Gasteiger partial charge >= 0.3 is 0 Å². The van der Waals surface area contributed by atoms with Crippen LogP contribution in [0.3, 0.4) is 0 Å². The zero-order valence-corrected chi connectivity index (χ0v) is 15.7. The number of hydrogen-bond donors (Lipinski definition) is 1. The number of hydrogen-bond acceptors (Lipinski definition) is 2. The van der Waals surface area contributed by atoms with Gasteiger partial charge in [-0.1, -0.05) is 49.8 Å². The highest BCUT2D eigenvalue weighted by Gasteiger charge is 2.17. The zero-order chi connectivity index (χ0) is 16.3. The molecular formula is C19H28N2Si. The van der Waals surface area contributed by atoms with Gasteiger partial charge in [0.25, 0.3) is 0 Å². The number of nitrogens with zero attached hydrogens (tertiary/aromatic N) is 1. The molecule has 3 heteroatoms. The van der Waals surface area contributed by atoms with Crippen molar-refractivity contribution in [2.75, 3.05) is 11.5 Å². The van der Waals surface area contributed by atoms with Crippen LogP contribution in [0.1, 0.15) is 23.6 Å². The maximum atomic E-state index is 4.84. The number of pyridine rings is 1. The molecule has 0 aliphatic heterocycles. The highest BCUT2D eigenvalue weighted by molar-refractivity contribution is 6.77. The van der Waals surface area contributed by atoms with Gasteiger partial charge in [0.1, 0.15) is 5.82 Å². The van der Waals surface area contributed by atoms with Gasteiger partial charge in [-0.05, 0) is 44.0 Å². The van der Waals surface area contributed by atoms with Crippen LogP contribution in [0.15, 0.2) is 30.3 Å². The number of aromatic nitrogens is 1. The number of rotatable bonds is 5. The predicted octanol–water partition coefficient (Wildman–Crippen LogP) is 5.35. The van der Waals surface area contributed by atoms with Crippen LogP contribution >= 0.6 is 0 Å². The molecule has 0 saturated heterocycles. The standard InChI is InChI=1S/C19H28N2Si/c1-7-22(5,6)13-20-18-10-8-9-17(21-18)19-15(3)11-14(2)12-16(19)4/h8-12H,7,13H2,1-6H3,(H,20,21). The second kappa shape index (κ2) is 6.65. The molecule has 0 aliphatic carbocycles. The van der Waals surface area contributed by atoms with Crippen molar-refractivity contribution in [3.05, 3.63) is 47.0 Å². The third-order valence-corrected chi connectivity index (χ3v) is 7.44. The highest BCUT2D eigenvalue weighted by Crippen LogP contribution is 2.27. The Kier molecular flexibility index (Phi) is 5.07. The average Bonchev–Trinajstić information content (AvgIpc) is 2.45. The van der Waals surface area contributed by atoms with Crippen molar-refractivity contribution in [1.82, 2.24) is 4.98 Å². The molecule has 1 N–H and O–H groups in total. The van der Waals surface area contributed by atoms with Gasteiger partial charge in [0.05, 0.1) is 13.8 Å². The first-order chi connectivity index (χ1) is 10.3. The quantitative estimate of drug-likeness (QED) is 0.752.